The van der Waals surface area contributed by atoms with E-state index in [2.05, 4.69) is 48.5 Å². The highest BCUT2D eigenvalue weighted by Gasteiger charge is 2.42. The van der Waals surface area contributed by atoms with Gasteiger partial charge >= 0.3 is 5.97 Å². The average Bonchev–Trinajstić information content (AvgIpc) is 2.81. The number of hydrogen-bond donors (Lipinski definition) is 1. The molecule has 0 aromatic heterocycles. The summed E-state index contributed by atoms with van der Waals surface area (Å²) >= 11 is 0. The molecule has 1 aromatic rings. The lowest BCUT2D eigenvalue weighted by atomic mass is 9.80. The molecule has 1 aromatic carbocycles. The van der Waals surface area contributed by atoms with E-state index >= 15 is 0 Å². The number of nitrogens with one attached hydrogen (secondary N) is 1. The van der Waals surface area contributed by atoms with Crippen LogP contribution in [0.4, 0.5) is 5.69 Å². The maximum Gasteiger partial charge on any atom is 0.331 e. The number of benzene rings is 1. The monoisotopic (exact) mass is 436 g/mol. The van der Waals surface area contributed by atoms with Crippen LogP contribution in [-0.4, -0.2) is 31.8 Å². The molecule has 1 N–H and O–H groups in total. The predicted octanol–water partition coefficient (Wildman–Crippen LogP) is 5.51. The Morgan fingerprint density at radius 2 is 2.00 bits per heavy atom. The first-order valence-electron chi connectivity index (χ1n) is 11.9. The van der Waals surface area contributed by atoms with Gasteiger partial charge in [0.25, 0.3) is 0 Å². The van der Waals surface area contributed by atoms with Gasteiger partial charge in [-0.1, -0.05) is 45.8 Å². The molecular weight excluding hydrogens is 400 g/mol. The van der Waals surface area contributed by atoms with Crippen LogP contribution >= 0.6 is 0 Å². The summed E-state index contributed by atoms with van der Waals surface area (Å²) < 4.78 is 10.9. The Kier molecular flexibility index (Phi) is 6.36. The summed E-state index contributed by atoms with van der Waals surface area (Å²) in [6, 6.07) is 4.57. The van der Waals surface area contributed by atoms with Crippen LogP contribution in [0.25, 0.3) is 6.08 Å². The Hall–Kier alpha value is -2.69. The summed E-state index contributed by atoms with van der Waals surface area (Å²) in [5.74, 6) is 0.742. The highest BCUT2D eigenvalue weighted by molar-refractivity contribution is 5.87. The van der Waals surface area contributed by atoms with Gasteiger partial charge in [-0.15, -0.1) is 0 Å². The summed E-state index contributed by atoms with van der Waals surface area (Å²) in [5.41, 5.74) is 5.57. The second kappa shape index (κ2) is 9.05. The third-order valence-electron chi connectivity index (χ3n) is 7.35. The molecule has 1 saturated carbocycles. The number of hydrogen-bond acceptors (Lipinski definition) is 5. The Morgan fingerprint density at radius 1 is 1.25 bits per heavy atom. The first-order chi connectivity index (χ1) is 15.5. The Morgan fingerprint density at radius 3 is 2.66 bits per heavy atom. The van der Waals surface area contributed by atoms with Gasteiger partial charge in [-0.3, -0.25) is 0 Å². The average molecular weight is 437 g/mol. The van der Waals surface area contributed by atoms with Gasteiger partial charge in [-0.25, -0.2) is 4.79 Å². The van der Waals surface area contributed by atoms with Gasteiger partial charge in [-0.2, -0.15) is 0 Å². The molecule has 3 aliphatic rings. The molecule has 0 saturated heterocycles. The normalized spacial score (nSPS) is 21.3. The van der Waals surface area contributed by atoms with E-state index in [0.717, 1.165) is 86.1 Å². The number of rotatable bonds is 7. The molecule has 5 heteroatoms. The number of carbonyl (C=O) groups excluding carboxylic acids is 1. The lowest BCUT2D eigenvalue weighted by Crippen LogP contribution is -2.54. The summed E-state index contributed by atoms with van der Waals surface area (Å²) in [7, 11) is 3.21. The summed E-state index contributed by atoms with van der Waals surface area (Å²) in [6.07, 6.45) is 11.1. The maximum absolute atomic E-state index is 12.8. The van der Waals surface area contributed by atoms with E-state index in [1.807, 2.05) is 0 Å². The van der Waals surface area contributed by atoms with Crippen LogP contribution in [-0.2, 0) is 16.0 Å². The Labute approximate surface area is 192 Å². The fraction of sp³-hybridized carbons (Fsp3) is 0.519. The number of anilines is 1. The zero-order valence-electron chi connectivity index (χ0n) is 19.8. The minimum Gasteiger partial charge on any atom is -0.496 e. The van der Waals surface area contributed by atoms with Crippen molar-refractivity contribution in [3.63, 3.8) is 0 Å². The summed E-state index contributed by atoms with van der Waals surface area (Å²) in [6.45, 7) is 11.1. The van der Waals surface area contributed by atoms with E-state index in [0.29, 0.717) is 6.04 Å². The zero-order valence-corrected chi connectivity index (χ0v) is 19.8. The van der Waals surface area contributed by atoms with Crippen LogP contribution in [0.3, 0.4) is 0 Å². The van der Waals surface area contributed by atoms with Crippen molar-refractivity contribution in [1.29, 1.82) is 0 Å². The van der Waals surface area contributed by atoms with Gasteiger partial charge in [0.15, 0.2) is 0 Å². The van der Waals surface area contributed by atoms with E-state index in [1.165, 1.54) is 18.4 Å². The SMILES string of the molecule is C=C(NC1(C(=O)OC)CCCCC1)C1=Cc2ccc(OC)c3c2N(C1=C)C(CCC)CC3. The molecule has 32 heavy (non-hydrogen) atoms. The third-order valence-corrected chi connectivity index (χ3v) is 7.35. The quantitative estimate of drug-likeness (QED) is 0.572. The van der Waals surface area contributed by atoms with Gasteiger partial charge in [0.05, 0.1) is 19.9 Å². The molecule has 0 radical (unpaired) electrons. The van der Waals surface area contributed by atoms with Gasteiger partial charge in [0.2, 0.25) is 0 Å². The molecule has 2 heterocycles. The van der Waals surface area contributed by atoms with Crippen molar-refractivity contribution in [2.75, 3.05) is 19.1 Å². The van der Waals surface area contributed by atoms with Gasteiger partial charge in [-0.05, 0) is 55.9 Å². The number of nitrogens with zero attached hydrogens (tertiary/aromatic N) is 1. The molecule has 1 unspecified atom stereocenters. The molecule has 172 valence electrons. The smallest absolute Gasteiger partial charge is 0.331 e. The summed E-state index contributed by atoms with van der Waals surface area (Å²) in [5, 5.41) is 3.51. The van der Waals surface area contributed by atoms with Crippen molar-refractivity contribution in [2.45, 2.75) is 76.3 Å². The first-order valence-corrected chi connectivity index (χ1v) is 11.9. The molecule has 0 bridgehead atoms. The molecule has 4 rings (SSSR count). The Balaban J connectivity index is 1.73. The lowest BCUT2D eigenvalue weighted by molar-refractivity contribution is -0.149. The largest absolute Gasteiger partial charge is 0.496 e. The molecule has 5 nitrogen and oxygen atoms in total. The van der Waals surface area contributed by atoms with E-state index in [-0.39, 0.29) is 5.97 Å². The van der Waals surface area contributed by atoms with Crippen LogP contribution in [0.5, 0.6) is 5.75 Å². The van der Waals surface area contributed by atoms with Crippen LogP contribution in [0.15, 0.2) is 42.3 Å². The number of esters is 1. The van der Waals surface area contributed by atoms with Crippen molar-refractivity contribution >= 4 is 17.7 Å². The molecule has 0 amide bonds. The second-order valence-electron chi connectivity index (χ2n) is 9.28. The fourth-order valence-electron chi connectivity index (χ4n) is 5.77. The molecular formula is C27H36N2O3. The third kappa shape index (κ3) is 3.72. The topological polar surface area (TPSA) is 50.8 Å². The van der Waals surface area contributed by atoms with Gasteiger partial charge < -0.3 is 19.7 Å². The van der Waals surface area contributed by atoms with E-state index in [1.54, 1.807) is 7.11 Å². The maximum atomic E-state index is 12.8. The fourth-order valence-corrected chi connectivity index (χ4v) is 5.77. The highest BCUT2D eigenvalue weighted by atomic mass is 16.5. The number of methoxy groups -OCH3 is 2. The predicted molar refractivity (Wildman–Crippen MR) is 130 cm³/mol. The summed E-state index contributed by atoms with van der Waals surface area (Å²) in [4.78, 5) is 15.2. The number of carbonyl (C=O) groups is 1. The van der Waals surface area contributed by atoms with Crippen LogP contribution in [0.1, 0.15) is 69.4 Å². The van der Waals surface area contributed by atoms with Gasteiger partial charge in [0, 0.05) is 28.6 Å². The van der Waals surface area contributed by atoms with Gasteiger partial charge in [0.1, 0.15) is 11.3 Å². The minimum atomic E-state index is -0.707. The first kappa shape index (κ1) is 22.5. The molecule has 0 spiro atoms. The van der Waals surface area contributed by atoms with Crippen LogP contribution < -0.4 is 15.0 Å². The highest BCUT2D eigenvalue weighted by Crippen LogP contribution is 2.47. The van der Waals surface area contributed by atoms with Crippen molar-refractivity contribution in [1.82, 2.24) is 5.32 Å². The van der Waals surface area contributed by atoms with Crippen LogP contribution in [0, 0.1) is 0 Å². The Bertz CT molecular complexity index is 956. The molecule has 1 fully saturated rings. The number of ether oxygens (including phenoxy) is 2. The van der Waals surface area contributed by atoms with Crippen molar-refractivity contribution in [3.05, 3.63) is 53.4 Å². The second-order valence-corrected chi connectivity index (χ2v) is 9.28. The molecule has 2 aliphatic heterocycles. The van der Waals surface area contributed by atoms with E-state index in [4.69, 9.17) is 9.47 Å². The van der Waals surface area contributed by atoms with Crippen molar-refractivity contribution < 1.29 is 14.3 Å². The molecule has 1 atom stereocenters. The van der Waals surface area contributed by atoms with Crippen LogP contribution in [0.2, 0.25) is 0 Å². The van der Waals surface area contributed by atoms with Crippen molar-refractivity contribution in [3.8, 4) is 5.75 Å². The van der Waals surface area contributed by atoms with Crippen molar-refractivity contribution in [2.24, 2.45) is 0 Å². The van der Waals surface area contributed by atoms with E-state index in [9.17, 15) is 4.79 Å². The minimum absolute atomic E-state index is 0.199. The zero-order chi connectivity index (χ0) is 22.9. The van der Waals surface area contributed by atoms with E-state index < -0.39 is 5.54 Å². The molecule has 1 aliphatic carbocycles. The standard InChI is InChI=1S/C27H36N2O3/c1-6-10-21-12-13-22-24(31-4)14-11-20-17-23(19(3)29(21)25(20)22)18(2)28-27(26(30)32-5)15-8-7-9-16-27/h11,14,17,21,28H,2-3,6-10,12-13,15-16H2,1,4-5H3. The lowest BCUT2D eigenvalue weighted by Gasteiger charge is -2.45.